The van der Waals surface area contributed by atoms with E-state index in [1.807, 2.05) is 31.2 Å². The van der Waals surface area contributed by atoms with E-state index >= 15 is 0 Å². The van der Waals surface area contributed by atoms with Crippen molar-refractivity contribution in [2.75, 3.05) is 6.61 Å². The number of ether oxygens (including phenoxy) is 1. The van der Waals surface area contributed by atoms with E-state index in [2.05, 4.69) is 0 Å². The van der Waals surface area contributed by atoms with Gasteiger partial charge in [-0.1, -0.05) is 12.1 Å². The standard InChI is InChI=1S/C12H18N2O2/c1-9-4-3-5-10(8-9)16-7-6-12(2,14)11(13)15/h3-5,8H,6-7,14H2,1-2H3,(H2,13,15). The lowest BCUT2D eigenvalue weighted by Crippen LogP contribution is -2.50. The maximum Gasteiger partial charge on any atom is 0.237 e. The van der Waals surface area contributed by atoms with Crippen LogP contribution in [0, 0.1) is 6.92 Å². The fourth-order valence-corrected chi connectivity index (χ4v) is 1.21. The first kappa shape index (κ1) is 12.5. The van der Waals surface area contributed by atoms with Crippen molar-refractivity contribution in [2.24, 2.45) is 11.5 Å². The predicted octanol–water partition coefficient (Wildman–Crippen LogP) is 0.967. The first-order chi connectivity index (χ1) is 7.42. The van der Waals surface area contributed by atoms with Crippen molar-refractivity contribution < 1.29 is 9.53 Å². The van der Waals surface area contributed by atoms with Crippen LogP contribution in [0.25, 0.3) is 0 Å². The van der Waals surface area contributed by atoms with Gasteiger partial charge in [0.25, 0.3) is 0 Å². The minimum absolute atomic E-state index is 0.374. The van der Waals surface area contributed by atoms with E-state index in [4.69, 9.17) is 16.2 Å². The van der Waals surface area contributed by atoms with Crippen molar-refractivity contribution in [3.8, 4) is 5.75 Å². The van der Waals surface area contributed by atoms with Gasteiger partial charge < -0.3 is 16.2 Å². The Bertz CT molecular complexity index is 375. The third kappa shape index (κ3) is 3.55. The van der Waals surface area contributed by atoms with Gasteiger partial charge in [-0.25, -0.2) is 0 Å². The van der Waals surface area contributed by atoms with Crippen molar-refractivity contribution in [3.05, 3.63) is 29.8 Å². The number of amides is 1. The molecule has 0 fully saturated rings. The van der Waals surface area contributed by atoms with Crippen LogP contribution >= 0.6 is 0 Å². The molecule has 1 atom stereocenters. The molecular formula is C12H18N2O2. The van der Waals surface area contributed by atoms with Gasteiger partial charge in [0, 0.05) is 6.42 Å². The minimum Gasteiger partial charge on any atom is -0.494 e. The van der Waals surface area contributed by atoms with Crippen molar-refractivity contribution in [2.45, 2.75) is 25.8 Å². The number of rotatable bonds is 5. The number of hydrogen-bond acceptors (Lipinski definition) is 3. The SMILES string of the molecule is Cc1cccc(OCCC(C)(N)C(N)=O)c1. The van der Waals surface area contributed by atoms with Gasteiger partial charge in [0.05, 0.1) is 12.1 Å². The van der Waals surface area contributed by atoms with E-state index in [0.29, 0.717) is 13.0 Å². The molecule has 0 saturated heterocycles. The average molecular weight is 222 g/mol. The molecular weight excluding hydrogens is 204 g/mol. The molecule has 0 aliphatic heterocycles. The van der Waals surface area contributed by atoms with E-state index in [1.54, 1.807) is 6.92 Å². The topological polar surface area (TPSA) is 78.3 Å². The van der Waals surface area contributed by atoms with E-state index < -0.39 is 11.4 Å². The van der Waals surface area contributed by atoms with Crippen LogP contribution in [-0.2, 0) is 4.79 Å². The Labute approximate surface area is 95.6 Å². The highest BCUT2D eigenvalue weighted by molar-refractivity contribution is 5.83. The molecule has 0 aliphatic carbocycles. The third-order valence-electron chi connectivity index (χ3n) is 2.44. The number of aryl methyl sites for hydroxylation is 1. The van der Waals surface area contributed by atoms with Crippen molar-refractivity contribution in [3.63, 3.8) is 0 Å². The Hall–Kier alpha value is -1.55. The second-order valence-corrected chi connectivity index (χ2v) is 4.20. The quantitative estimate of drug-likeness (QED) is 0.779. The Kier molecular flexibility index (Phi) is 3.90. The van der Waals surface area contributed by atoms with Crippen LogP contribution in [0.2, 0.25) is 0 Å². The molecule has 1 amide bonds. The number of carbonyl (C=O) groups excluding carboxylic acids is 1. The first-order valence-electron chi connectivity index (χ1n) is 5.20. The van der Waals surface area contributed by atoms with Gasteiger partial charge in [0.15, 0.2) is 0 Å². The highest BCUT2D eigenvalue weighted by Gasteiger charge is 2.25. The fraction of sp³-hybridized carbons (Fsp3) is 0.417. The fourth-order valence-electron chi connectivity index (χ4n) is 1.21. The zero-order chi connectivity index (χ0) is 12.2. The molecule has 1 rings (SSSR count). The first-order valence-corrected chi connectivity index (χ1v) is 5.20. The lowest BCUT2D eigenvalue weighted by molar-refractivity contribution is -0.123. The number of carbonyl (C=O) groups is 1. The van der Waals surface area contributed by atoms with Gasteiger partial charge in [0.1, 0.15) is 5.75 Å². The highest BCUT2D eigenvalue weighted by atomic mass is 16.5. The van der Waals surface area contributed by atoms with Crippen LogP contribution in [0.1, 0.15) is 18.9 Å². The molecule has 0 bridgehead atoms. The summed E-state index contributed by atoms with van der Waals surface area (Å²) in [5, 5.41) is 0. The lowest BCUT2D eigenvalue weighted by Gasteiger charge is -2.20. The zero-order valence-corrected chi connectivity index (χ0v) is 9.69. The summed E-state index contributed by atoms with van der Waals surface area (Å²) in [5.41, 5.74) is 11.0. The van der Waals surface area contributed by atoms with Gasteiger partial charge in [-0.15, -0.1) is 0 Å². The van der Waals surface area contributed by atoms with Crippen LogP contribution in [0.3, 0.4) is 0 Å². The minimum atomic E-state index is -1.01. The normalized spacial score (nSPS) is 14.2. The molecule has 1 aromatic carbocycles. The van der Waals surface area contributed by atoms with Gasteiger partial charge in [-0.05, 0) is 31.5 Å². The summed E-state index contributed by atoms with van der Waals surface area (Å²) in [6, 6.07) is 7.70. The molecule has 0 aromatic heterocycles. The van der Waals surface area contributed by atoms with E-state index in [0.717, 1.165) is 11.3 Å². The molecule has 4 N–H and O–H groups in total. The summed E-state index contributed by atoms with van der Waals surface area (Å²) in [6.07, 6.45) is 0.399. The van der Waals surface area contributed by atoms with Crippen LogP contribution < -0.4 is 16.2 Å². The van der Waals surface area contributed by atoms with Crippen LogP contribution in [0.15, 0.2) is 24.3 Å². The summed E-state index contributed by atoms with van der Waals surface area (Å²) in [5.74, 6) is 0.264. The monoisotopic (exact) mass is 222 g/mol. The van der Waals surface area contributed by atoms with Gasteiger partial charge in [-0.2, -0.15) is 0 Å². The van der Waals surface area contributed by atoms with Crippen LogP contribution in [-0.4, -0.2) is 18.1 Å². The summed E-state index contributed by atoms with van der Waals surface area (Å²) >= 11 is 0. The number of nitrogens with two attached hydrogens (primary N) is 2. The maximum absolute atomic E-state index is 11.0. The molecule has 88 valence electrons. The van der Waals surface area contributed by atoms with E-state index in [-0.39, 0.29) is 0 Å². The highest BCUT2D eigenvalue weighted by Crippen LogP contribution is 2.14. The molecule has 4 heteroatoms. The zero-order valence-electron chi connectivity index (χ0n) is 9.69. The van der Waals surface area contributed by atoms with Gasteiger partial charge in [-0.3, -0.25) is 4.79 Å². The smallest absolute Gasteiger partial charge is 0.237 e. The largest absolute Gasteiger partial charge is 0.494 e. The van der Waals surface area contributed by atoms with Gasteiger partial charge in [0.2, 0.25) is 5.91 Å². The van der Waals surface area contributed by atoms with Crippen LogP contribution in [0.4, 0.5) is 0 Å². The maximum atomic E-state index is 11.0. The lowest BCUT2D eigenvalue weighted by atomic mass is 9.99. The summed E-state index contributed by atoms with van der Waals surface area (Å²) in [4.78, 5) is 11.0. The number of hydrogen-bond donors (Lipinski definition) is 2. The molecule has 16 heavy (non-hydrogen) atoms. The molecule has 0 saturated carbocycles. The van der Waals surface area contributed by atoms with Crippen molar-refractivity contribution in [1.29, 1.82) is 0 Å². The van der Waals surface area contributed by atoms with Crippen LogP contribution in [0.5, 0.6) is 5.75 Å². The average Bonchev–Trinajstić information content (AvgIpc) is 2.17. The van der Waals surface area contributed by atoms with E-state index in [1.165, 1.54) is 0 Å². The summed E-state index contributed by atoms with van der Waals surface area (Å²) < 4.78 is 5.49. The predicted molar refractivity (Wildman–Crippen MR) is 63.1 cm³/mol. The Balaban J connectivity index is 2.45. The Morgan fingerprint density at radius 2 is 2.19 bits per heavy atom. The third-order valence-corrected chi connectivity index (χ3v) is 2.44. The molecule has 0 spiro atoms. The molecule has 1 aromatic rings. The number of primary amides is 1. The molecule has 0 heterocycles. The molecule has 4 nitrogen and oxygen atoms in total. The summed E-state index contributed by atoms with van der Waals surface area (Å²) in [7, 11) is 0. The van der Waals surface area contributed by atoms with E-state index in [9.17, 15) is 4.79 Å². The van der Waals surface area contributed by atoms with Crippen molar-refractivity contribution in [1.82, 2.24) is 0 Å². The molecule has 1 unspecified atom stereocenters. The van der Waals surface area contributed by atoms with Crippen molar-refractivity contribution >= 4 is 5.91 Å². The molecule has 0 radical (unpaired) electrons. The van der Waals surface area contributed by atoms with Gasteiger partial charge >= 0.3 is 0 Å². The summed E-state index contributed by atoms with van der Waals surface area (Å²) in [6.45, 7) is 3.97. The second kappa shape index (κ2) is 4.99. The Morgan fingerprint density at radius 1 is 1.50 bits per heavy atom. The molecule has 0 aliphatic rings. The number of benzene rings is 1. The second-order valence-electron chi connectivity index (χ2n) is 4.20. The Morgan fingerprint density at radius 3 is 2.75 bits per heavy atom.